The highest BCUT2D eigenvalue weighted by atomic mass is 14.8. The van der Waals surface area contributed by atoms with E-state index in [0.717, 1.165) is 5.92 Å². The second-order valence-corrected chi connectivity index (χ2v) is 11.4. The molecule has 1 atom stereocenters. The van der Waals surface area contributed by atoms with Crippen molar-refractivity contribution in [3.8, 4) is 0 Å². The first kappa shape index (κ1) is 31.0. The maximum Gasteiger partial charge on any atom is -0.00461 e. The molecule has 0 aromatic rings. The lowest BCUT2D eigenvalue weighted by atomic mass is 9.76. The molecule has 188 valence electrons. The van der Waals surface area contributed by atoms with Gasteiger partial charge in [0.05, 0.1) is 0 Å². The Labute approximate surface area is 199 Å². The van der Waals surface area contributed by atoms with Crippen LogP contribution in [0.1, 0.15) is 169 Å². The Kier molecular flexibility index (Phi) is 23.1. The normalized spacial score (nSPS) is 13.1. The van der Waals surface area contributed by atoms with Crippen LogP contribution < -0.4 is 5.32 Å². The molecule has 31 heavy (non-hydrogen) atoms. The van der Waals surface area contributed by atoms with Crippen molar-refractivity contribution < 1.29 is 0 Å². The molecule has 1 N–H and O–H groups in total. The first-order valence-corrected chi connectivity index (χ1v) is 14.7. The Bertz CT molecular complexity index is 330. The minimum absolute atomic E-state index is 0.462. The average Bonchev–Trinajstić information content (AvgIpc) is 2.73. The fourth-order valence-corrected chi connectivity index (χ4v) is 4.85. The predicted octanol–water partition coefficient (Wildman–Crippen LogP) is 10.5. The van der Waals surface area contributed by atoms with Crippen molar-refractivity contribution in [2.24, 2.45) is 11.3 Å². The molecule has 1 nitrogen and oxygen atoms in total. The number of unbranched alkanes of at least 4 members (excludes halogenated alkanes) is 17. The third-order valence-electron chi connectivity index (χ3n) is 7.26. The Morgan fingerprint density at radius 2 is 0.839 bits per heavy atom. The van der Waals surface area contributed by atoms with Crippen molar-refractivity contribution in [2.75, 3.05) is 13.1 Å². The Hall–Kier alpha value is -0.0400. The van der Waals surface area contributed by atoms with Gasteiger partial charge in [-0.1, -0.05) is 150 Å². The topological polar surface area (TPSA) is 12.0 Å². The molecule has 0 saturated heterocycles. The third kappa shape index (κ3) is 22.9. The van der Waals surface area contributed by atoms with E-state index >= 15 is 0 Å². The number of rotatable bonds is 24. The molecule has 0 aliphatic carbocycles. The van der Waals surface area contributed by atoms with Crippen molar-refractivity contribution in [1.29, 1.82) is 0 Å². The lowest BCUT2D eigenvalue weighted by Gasteiger charge is -2.31. The van der Waals surface area contributed by atoms with E-state index < -0.39 is 0 Å². The quantitative estimate of drug-likeness (QED) is 0.148. The van der Waals surface area contributed by atoms with Crippen LogP contribution in [0.25, 0.3) is 0 Å². The van der Waals surface area contributed by atoms with Gasteiger partial charge in [-0.05, 0) is 43.7 Å². The number of hydrogen-bond acceptors (Lipinski definition) is 1. The SMILES string of the molecule is CCCCCCCCCCCCCCCCCCNCC[C@H](CCCCC)C(C)(C)C. The maximum absolute atomic E-state index is 3.73. The van der Waals surface area contributed by atoms with Gasteiger partial charge in [-0.25, -0.2) is 0 Å². The smallest absolute Gasteiger partial charge is 0.00461 e. The van der Waals surface area contributed by atoms with E-state index in [9.17, 15) is 0 Å². The lowest BCUT2D eigenvalue weighted by molar-refractivity contribution is 0.205. The summed E-state index contributed by atoms with van der Waals surface area (Å²) in [5.74, 6) is 0.873. The largest absolute Gasteiger partial charge is 0.317 e. The molecule has 0 spiro atoms. The fraction of sp³-hybridized carbons (Fsp3) is 1.00. The summed E-state index contributed by atoms with van der Waals surface area (Å²) < 4.78 is 0. The van der Waals surface area contributed by atoms with E-state index in [-0.39, 0.29) is 0 Å². The van der Waals surface area contributed by atoms with Gasteiger partial charge in [-0.2, -0.15) is 0 Å². The van der Waals surface area contributed by atoms with Crippen molar-refractivity contribution in [3.05, 3.63) is 0 Å². The van der Waals surface area contributed by atoms with Crippen LogP contribution in [-0.4, -0.2) is 13.1 Å². The maximum atomic E-state index is 3.73. The molecule has 0 bridgehead atoms. The highest BCUT2D eigenvalue weighted by Crippen LogP contribution is 2.32. The summed E-state index contributed by atoms with van der Waals surface area (Å²) >= 11 is 0. The highest BCUT2D eigenvalue weighted by molar-refractivity contribution is 4.75. The van der Waals surface area contributed by atoms with Crippen LogP contribution >= 0.6 is 0 Å². The Morgan fingerprint density at radius 1 is 0.452 bits per heavy atom. The van der Waals surface area contributed by atoms with Crippen LogP contribution in [0, 0.1) is 11.3 Å². The van der Waals surface area contributed by atoms with Crippen LogP contribution in [0.2, 0.25) is 0 Å². The number of hydrogen-bond donors (Lipinski definition) is 1. The van der Waals surface area contributed by atoms with E-state index in [2.05, 4.69) is 39.9 Å². The summed E-state index contributed by atoms with van der Waals surface area (Å²) in [5.41, 5.74) is 0.462. The molecule has 0 fully saturated rings. The second kappa shape index (κ2) is 23.1. The molecule has 0 aromatic heterocycles. The van der Waals surface area contributed by atoms with Gasteiger partial charge in [0, 0.05) is 0 Å². The number of nitrogens with one attached hydrogen (secondary N) is 1. The lowest BCUT2D eigenvalue weighted by Crippen LogP contribution is -2.26. The second-order valence-electron chi connectivity index (χ2n) is 11.4. The standard InChI is InChI=1S/C30H63N/c1-6-8-10-11-12-13-14-15-16-17-18-19-20-21-22-24-27-31-28-26-29(30(3,4)5)25-23-9-7-2/h29,31H,6-28H2,1-5H3/t29-/m0/s1. The van der Waals surface area contributed by atoms with Crippen molar-refractivity contribution in [3.63, 3.8) is 0 Å². The summed E-state index contributed by atoms with van der Waals surface area (Å²) in [6, 6.07) is 0. The van der Waals surface area contributed by atoms with Crippen LogP contribution in [0.4, 0.5) is 0 Å². The van der Waals surface area contributed by atoms with Gasteiger partial charge in [0.2, 0.25) is 0 Å². The summed E-state index contributed by atoms with van der Waals surface area (Å²) in [5, 5.41) is 3.73. The Morgan fingerprint density at radius 3 is 1.26 bits per heavy atom. The molecular weight excluding hydrogens is 374 g/mol. The highest BCUT2D eigenvalue weighted by Gasteiger charge is 2.23. The average molecular weight is 438 g/mol. The minimum Gasteiger partial charge on any atom is -0.317 e. The first-order valence-electron chi connectivity index (χ1n) is 14.7. The molecule has 0 aromatic carbocycles. The van der Waals surface area contributed by atoms with Crippen LogP contribution in [0.5, 0.6) is 0 Å². The molecule has 0 radical (unpaired) electrons. The van der Waals surface area contributed by atoms with E-state index in [4.69, 9.17) is 0 Å². The van der Waals surface area contributed by atoms with Gasteiger partial charge >= 0.3 is 0 Å². The molecule has 1 heteroatoms. The van der Waals surface area contributed by atoms with E-state index in [1.807, 2.05) is 0 Å². The van der Waals surface area contributed by atoms with Gasteiger partial charge in [0.1, 0.15) is 0 Å². The summed E-state index contributed by atoms with van der Waals surface area (Å²) in [6.07, 6.45) is 30.2. The zero-order chi connectivity index (χ0) is 23.0. The molecule has 0 unspecified atom stereocenters. The van der Waals surface area contributed by atoms with Crippen LogP contribution in [0.3, 0.4) is 0 Å². The van der Waals surface area contributed by atoms with Crippen LogP contribution in [-0.2, 0) is 0 Å². The molecule has 0 heterocycles. The zero-order valence-corrected chi connectivity index (χ0v) is 22.8. The Balaban J connectivity index is 3.32. The molecule has 0 rings (SSSR count). The van der Waals surface area contributed by atoms with E-state index in [1.165, 1.54) is 148 Å². The van der Waals surface area contributed by atoms with Gasteiger partial charge in [-0.3, -0.25) is 0 Å². The molecule has 0 aliphatic rings. The van der Waals surface area contributed by atoms with E-state index in [0.29, 0.717) is 5.41 Å². The van der Waals surface area contributed by atoms with Gasteiger partial charge < -0.3 is 5.32 Å². The van der Waals surface area contributed by atoms with Gasteiger partial charge in [0.25, 0.3) is 0 Å². The van der Waals surface area contributed by atoms with Crippen molar-refractivity contribution in [2.45, 2.75) is 169 Å². The summed E-state index contributed by atoms with van der Waals surface area (Å²) in [7, 11) is 0. The summed E-state index contributed by atoms with van der Waals surface area (Å²) in [6.45, 7) is 14.3. The predicted molar refractivity (Wildman–Crippen MR) is 144 cm³/mol. The van der Waals surface area contributed by atoms with E-state index in [1.54, 1.807) is 0 Å². The van der Waals surface area contributed by atoms with Crippen LogP contribution in [0.15, 0.2) is 0 Å². The summed E-state index contributed by atoms with van der Waals surface area (Å²) in [4.78, 5) is 0. The molecular formula is C30H63N. The fourth-order valence-electron chi connectivity index (χ4n) is 4.85. The van der Waals surface area contributed by atoms with Crippen molar-refractivity contribution in [1.82, 2.24) is 5.32 Å². The van der Waals surface area contributed by atoms with Crippen molar-refractivity contribution >= 4 is 0 Å². The zero-order valence-electron chi connectivity index (χ0n) is 22.8. The first-order chi connectivity index (χ1) is 15.0. The molecule has 0 saturated carbocycles. The van der Waals surface area contributed by atoms with Gasteiger partial charge in [0.15, 0.2) is 0 Å². The third-order valence-corrected chi connectivity index (χ3v) is 7.26. The molecule has 0 amide bonds. The molecule has 0 aliphatic heterocycles. The van der Waals surface area contributed by atoms with Gasteiger partial charge in [-0.15, -0.1) is 0 Å². The minimum atomic E-state index is 0.462. The monoisotopic (exact) mass is 437 g/mol.